The van der Waals surface area contributed by atoms with Crippen molar-refractivity contribution in [1.29, 1.82) is 0 Å². The van der Waals surface area contributed by atoms with Gasteiger partial charge in [-0.05, 0) is 62.3 Å². The zero-order valence-electron chi connectivity index (χ0n) is 13.9. The summed E-state index contributed by atoms with van der Waals surface area (Å²) in [7, 11) is 0. The van der Waals surface area contributed by atoms with Crippen LogP contribution in [-0.2, 0) is 22.4 Å². The first-order valence-corrected chi connectivity index (χ1v) is 8.58. The molecule has 5 heteroatoms. The number of nitrogens with one attached hydrogen (secondary N) is 2. The van der Waals surface area contributed by atoms with Crippen LogP contribution in [0.4, 0.5) is 11.4 Å². The molecule has 0 radical (unpaired) electrons. The van der Waals surface area contributed by atoms with Gasteiger partial charge in [0.2, 0.25) is 11.8 Å². The number of benzene rings is 1. The van der Waals surface area contributed by atoms with Gasteiger partial charge < -0.3 is 10.6 Å². The first kappa shape index (κ1) is 15.8. The molecule has 1 aliphatic carbocycles. The van der Waals surface area contributed by atoms with E-state index in [1.54, 1.807) is 4.90 Å². The van der Waals surface area contributed by atoms with Crippen molar-refractivity contribution in [1.82, 2.24) is 5.32 Å². The van der Waals surface area contributed by atoms with Gasteiger partial charge >= 0.3 is 0 Å². The van der Waals surface area contributed by atoms with Crippen LogP contribution in [0.3, 0.4) is 0 Å². The Morgan fingerprint density at radius 2 is 2.00 bits per heavy atom. The summed E-state index contributed by atoms with van der Waals surface area (Å²) in [6.45, 7) is 4.35. The molecule has 0 fully saturated rings. The molecule has 1 aromatic carbocycles. The third kappa shape index (κ3) is 3.33. The zero-order valence-corrected chi connectivity index (χ0v) is 13.9. The lowest BCUT2D eigenvalue weighted by Gasteiger charge is -2.32. The Morgan fingerprint density at radius 3 is 2.70 bits per heavy atom. The van der Waals surface area contributed by atoms with E-state index in [4.69, 9.17) is 0 Å². The minimum Gasteiger partial charge on any atom is -0.374 e. The van der Waals surface area contributed by atoms with Crippen LogP contribution in [0, 0.1) is 0 Å². The molecule has 1 aromatic rings. The van der Waals surface area contributed by atoms with Crippen LogP contribution in [-0.4, -0.2) is 30.9 Å². The lowest BCUT2D eigenvalue weighted by Crippen LogP contribution is -2.47. The second kappa shape index (κ2) is 6.60. The molecule has 2 N–H and O–H groups in total. The highest BCUT2D eigenvalue weighted by molar-refractivity contribution is 6.06. The van der Waals surface area contributed by atoms with E-state index in [2.05, 4.69) is 22.8 Å². The summed E-state index contributed by atoms with van der Waals surface area (Å²) in [6.07, 6.45) is 5.47. The number of amides is 2. The summed E-state index contributed by atoms with van der Waals surface area (Å²) in [5, 5.41) is 6.13. The van der Waals surface area contributed by atoms with E-state index in [9.17, 15) is 9.59 Å². The van der Waals surface area contributed by atoms with Crippen LogP contribution in [0.5, 0.6) is 0 Å². The summed E-state index contributed by atoms with van der Waals surface area (Å²) in [5.41, 5.74) is 4.52. The standard InChI is InChI=1S/C18H25N3O2/c1-3-12(2)20-17(22)11-21-16-9-14-7-5-4-6-13(14)8-15(16)19-10-18(21)23/h8-9,12,19H,3-7,10-11H2,1-2H3,(H,20,22). The number of anilines is 2. The predicted molar refractivity (Wildman–Crippen MR) is 91.8 cm³/mol. The number of fused-ring (bicyclic) bond motifs is 2. The molecule has 0 saturated heterocycles. The van der Waals surface area contributed by atoms with Gasteiger partial charge in [0, 0.05) is 6.04 Å². The lowest BCUT2D eigenvalue weighted by molar-refractivity contribution is -0.123. The third-order valence-electron chi connectivity index (χ3n) is 4.80. The Kier molecular flexibility index (Phi) is 4.55. The van der Waals surface area contributed by atoms with Gasteiger partial charge in [-0.3, -0.25) is 14.5 Å². The molecule has 2 amide bonds. The molecular formula is C18H25N3O2. The summed E-state index contributed by atoms with van der Waals surface area (Å²) >= 11 is 0. The number of carbonyl (C=O) groups is 2. The second-order valence-corrected chi connectivity index (χ2v) is 6.56. The molecule has 1 unspecified atom stereocenters. The molecular weight excluding hydrogens is 290 g/mol. The highest BCUT2D eigenvalue weighted by Gasteiger charge is 2.27. The Hall–Kier alpha value is -2.04. The topological polar surface area (TPSA) is 61.4 Å². The Bertz CT molecular complexity index is 627. The fraction of sp³-hybridized carbons (Fsp3) is 0.556. The molecule has 0 saturated carbocycles. The van der Waals surface area contributed by atoms with Crippen LogP contribution < -0.4 is 15.5 Å². The molecule has 0 spiro atoms. The fourth-order valence-electron chi connectivity index (χ4n) is 3.28. The van der Waals surface area contributed by atoms with Gasteiger partial charge in [0.05, 0.1) is 17.9 Å². The van der Waals surface area contributed by atoms with Gasteiger partial charge in [-0.25, -0.2) is 0 Å². The number of nitrogens with zero attached hydrogens (tertiary/aromatic N) is 1. The van der Waals surface area contributed by atoms with E-state index in [1.807, 2.05) is 13.8 Å². The Balaban J connectivity index is 1.84. The number of rotatable bonds is 4. The maximum absolute atomic E-state index is 12.3. The Morgan fingerprint density at radius 1 is 1.30 bits per heavy atom. The number of hydrogen-bond donors (Lipinski definition) is 2. The van der Waals surface area contributed by atoms with Gasteiger partial charge in [0.15, 0.2) is 0 Å². The largest absolute Gasteiger partial charge is 0.374 e. The minimum atomic E-state index is -0.0988. The molecule has 0 bridgehead atoms. The maximum atomic E-state index is 12.3. The molecule has 23 heavy (non-hydrogen) atoms. The monoisotopic (exact) mass is 315 g/mol. The smallest absolute Gasteiger partial charge is 0.246 e. The second-order valence-electron chi connectivity index (χ2n) is 6.56. The van der Waals surface area contributed by atoms with Crippen LogP contribution in [0.25, 0.3) is 0 Å². The van der Waals surface area contributed by atoms with E-state index in [0.717, 1.165) is 30.6 Å². The molecule has 0 aromatic heterocycles. The van der Waals surface area contributed by atoms with Crippen molar-refractivity contribution in [3.8, 4) is 0 Å². The third-order valence-corrected chi connectivity index (χ3v) is 4.80. The molecule has 1 atom stereocenters. The number of hydrogen-bond acceptors (Lipinski definition) is 3. The van der Waals surface area contributed by atoms with Gasteiger partial charge in [0.1, 0.15) is 6.54 Å². The molecule has 2 aliphatic rings. The van der Waals surface area contributed by atoms with Gasteiger partial charge in [0.25, 0.3) is 0 Å². The zero-order chi connectivity index (χ0) is 16.4. The van der Waals surface area contributed by atoms with Gasteiger partial charge in [-0.1, -0.05) is 6.92 Å². The van der Waals surface area contributed by atoms with E-state index in [0.29, 0.717) is 0 Å². The molecule has 1 aliphatic heterocycles. The van der Waals surface area contributed by atoms with Crippen molar-refractivity contribution >= 4 is 23.2 Å². The van der Waals surface area contributed by atoms with Crippen molar-refractivity contribution in [2.24, 2.45) is 0 Å². The normalized spacial score (nSPS) is 17.8. The van der Waals surface area contributed by atoms with Crippen molar-refractivity contribution in [3.05, 3.63) is 23.3 Å². The summed E-state index contributed by atoms with van der Waals surface area (Å²) < 4.78 is 0. The van der Waals surface area contributed by atoms with Crippen molar-refractivity contribution < 1.29 is 9.59 Å². The van der Waals surface area contributed by atoms with Crippen molar-refractivity contribution in [2.75, 3.05) is 23.3 Å². The summed E-state index contributed by atoms with van der Waals surface area (Å²) in [6, 6.07) is 4.39. The summed E-state index contributed by atoms with van der Waals surface area (Å²) in [4.78, 5) is 26.1. The van der Waals surface area contributed by atoms with E-state index >= 15 is 0 Å². The average Bonchev–Trinajstić information content (AvgIpc) is 2.55. The van der Waals surface area contributed by atoms with Gasteiger partial charge in [-0.15, -0.1) is 0 Å². The van der Waals surface area contributed by atoms with Crippen LogP contribution in [0.15, 0.2) is 12.1 Å². The quantitative estimate of drug-likeness (QED) is 0.896. The van der Waals surface area contributed by atoms with Crippen molar-refractivity contribution in [3.63, 3.8) is 0 Å². The fourth-order valence-corrected chi connectivity index (χ4v) is 3.28. The minimum absolute atomic E-state index is 0.0486. The van der Waals surface area contributed by atoms with Crippen LogP contribution in [0.1, 0.15) is 44.2 Å². The molecule has 124 valence electrons. The summed E-state index contributed by atoms with van der Waals surface area (Å²) in [5.74, 6) is -0.147. The van der Waals surface area contributed by atoms with Crippen molar-refractivity contribution in [2.45, 2.75) is 52.0 Å². The van der Waals surface area contributed by atoms with Gasteiger partial charge in [-0.2, -0.15) is 0 Å². The average molecular weight is 315 g/mol. The molecule has 1 heterocycles. The van der Waals surface area contributed by atoms with Crippen LogP contribution in [0.2, 0.25) is 0 Å². The molecule has 5 nitrogen and oxygen atoms in total. The number of aryl methyl sites for hydroxylation is 2. The van der Waals surface area contributed by atoms with Crippen LogP contribution >= 0.6 is 0 Å². The highest BCUT2D eigenvalue weighted by atomic mass is 16.2. The SMILES string of the molecule is CCC(C)NC(=O)CN1C(=O)CNc2cc3c(cc21)CCCC3. The maximum Gasteiger partial charge on any atom is 0.246 e. The molecule has 3 rings (SSSR count). The van der Waals surface area contributed by atoms with E-state index in [1.165, 1.54) is 24.0 Å². The van der Waals surface area contributed by atoms with E-state index in [-0.39, 0.29) is 30.9 Å². The lowest BCUT2D eigenvalue weighted by atomic mass is 9.90. The van der Waals surface area contributed by atoms with E-state index < -0.39 is 0 Å². The predicted octanol–water partition coefficient (Wildman–Crippen LogP) is 2.24. The Labute approximate surface area is 137 Å². The number of carbonyl (C=O) groups excluding carboxylic acids is 2. The first-order valence-electron chi connectivity index (χ1n) is 8.58. The highest BCUT2D eigenvalue weighted by Crippen LogP contribution is 2.35. The first-order chi connectivity index (χ1) is 11.1.